The predicted molar refractivity (Wildman–Crippen MR) is 90.6 cm³/mol. The number of benzene rings is 1. The van der Waals surface area contributed by atoms with Crippen LogP contribution in [-0.4, -0.2) is 29.2 Å². The minimum Gasteiger partial charge on any atom is -0.456 e. The molecule has 23 heavy (non-hydrogen) atoms. The smallest absolute Gasteiger partial charge is 0.307 e. The van der Waals surface area contributed by atoms with E-state index in [1.807, 2.05) is 30.3 Å². The van der Waals surface area contributed by atoms with Gasteiger partial charge in [-0.05, 0) is 24.3 Å². The van der Waals surface area contributed by atoms with E-state index in [0.717, 1.165) is 4.90 Å². The number of thioether (sulfide) groups is 1. The van der Waals surface area contributed by atoms with Crippen molar-refractivity contribution in [3.63, 3.8) is 0 Å². The third kappa shape index (κ3) is 6.71. The minimum absolute atomic E-state index is 0.242. The maximum Gasteiger partial charge on any atom is 0.307 e. The van der Waals surface area contributed by atoms with E-state index in [2.05, 4.69) is 10.3 Å². The second kappa shape index (κ2) is 9.17. The molecule has 0 saturated carbocycles. The van der Waals surface area contributed by atoms with Gasteiger partial charge in [-0.1, -0.05) is 29.8 Å². The number of nitrogens with one attached hydrogen (secondary N) is 1. The Balaban J connectivity index is 1.63. The summed E-state index contributed by atoms with van der Waals surface area (Å²) in [5.74, 6) is 0.107. The Morgan fingerprint density at radius 3 is 2.65 bits per heavy atom. The van der Waals surface area contributed by atoms with E-state index in [-0.39, 0.29) is 13.0 Å². The number of ether oxygens (including phenoxy) is 1. The molecule has 0 radical (unpaired) electrons. The summed E-state index contributed by atoms with van der Waals surface area (Å²) in [4.78, 5) is 28.2. The summed E-state index contributed by atoms with van der Waals surface area (Å²) >= 11 is 7.26. The number of hydrogen-bond donors (Lipinski definition) is 1. The van der Waals surface area contributed by atoms with Gasteiger partial charge in [-0.15, -0.1) is 11.8 Å². The van der Waals surface area contributed by atoms with Crippen molar-refractivity contribution in [1.29, 1.82) is 0 Å². The predicted octanol–water partition coefficient (Wildman–Crippen LogP) is 3.40. The minimum atomic E-state index is -0.441. The van der Waals surface area contributed by atoms with E-state index < -0.39 is 11.9 Å². The number of hydrogen-bond acceptors (Lipinski definition) is 5. The fourth-order valence-corrected chi connectivity index (χ4v) is 2.58. The molecule has 0 aliphatic carbocycles. The zero-order chi connectivity index (χ0) is 16.5. The molecular formula is C16H15ClN2O3S. The lowest BCUT2D eigenvalue weighted by molar-refractivity contribution is -0.146. The molecule has 5 nitrogen and oxygen atoms in total. The van der Waals surface area contributed by atoms with Crippen LogP contribution < -0.4 is 5.32 Å². The van der Waals surface area contributed by atoms with Crippen LogP contribution in [-0.2, 0) is 14.3 Å². The molecule has 2 aromatic rings. The number of pyridine rings is 1. The highest BCUT2D eigenvalue weighted by molar-refractivity contribution is 7.99. The van der Waals surface area contributed by atoms with Gasteiger partial charge in [0.05, 0.1) is 11.4 Å². The Morgan fingerprint density at radius 2 is 1.96 bits per heavy atom. The van der Waals surface area contributed by atoms with E-state index >= 15 is 0 Å². The highest BCUT2D eigenvalue weighted by atomic mass is 35.5. The van der Waals surface area contributed by atoms with Gasteiger partial charge in [0.25, 0.3) is 5.91 Å². The number of nitrogens with zero attached hydrogens (tertiary/aromatic N) is 1. The Morgan fingerprint density at radius 1 is 1.17 bits per heavy atom. The van der Waals surface area contributed by atoms with Crippen LogP contribution in [0.4, 0.5) is 5.82 Å². The lowest BCUT2D eigenvalue weighted by Crippen LogP contribution is -2.21. The summed E-state index contributed by atoms with van der Waals surface area (Å²) in [6.07, 6.45) is 1.66. The SMILES string of the molecule is O=C(COC(=O)CCSc1ccccc1)Nc1ccc(Cl)cn1. The van der Waals surface area contributed by atoms with Gasteiger partial charge in [-0.25, -0.2) is 4.98 Å². The number of carbonyl (C=O) groups excluding carboxylic acids is 2. The van der Waals surface area contributed by atoms with E-state index in [4.69, 9.17) is 16.3 Å². The summed E-state index contributed by atoms with van der Waals surface area (Å²) in [6.45, 7) is -0.334. The topological polar surface area (TPSA) is 68.3 Å². The maximum absolute atomic E-state index is 11.6. The Hall–Kier alpha value is -2.05. The lowest BCUT2D eigenvalue weighted by Gasteiger charge is -2.06. The van der Waals surface area contributed by atoms with Crippen LogP contribution in [0.2, 0.25) is 5.02 Å². The molecule has 0 saturated heterocycles. The van der Waals surface area contributed by atoms with Crippen molar-refractivity contribution in [1.82, 2.24) is 4.98 Å². The van der Waals surface area contributed by atoms with Crippen LogP contribution in [0, 0.1) is 0 Å². The van der Waals surface area contributed by atoms with Crippen molar-refractivity contribution in [3.8, 4) is 0 Å². The average Bonchev–Trinajstić information content (AvgIpc) is 2.56. The number of carbonyl (C=O) groups is 2. The molecular weight excluding hydrogens is 336 g/mol. The van der Waals surface area contributed by atoms with Gasteiger partial charge in [-0.2, -0.15) is 0 Å². The molecule has 2 rings (SSSR count). The van der Waals surface area contributed by atoms with Gasteiger partial charge >= 0.3 is 5.97 Å². The number of halogens is 1. The van der Waals surface area contributed by atoms with Crippen molar-refractivity contribution >= 4 is 41.1 Å². The molecule has 0 aliphatic rings. The van der Waals surface area contributed by atoms with Crippen LogP contribution >= 0.6 is 23.4 Å². The monoisotopic (exact) mass is 350 g/mol. The fraction of sp³-hybridized carbons (Fsp3) is 0.188. The molecule has 1 aromatic carbocycles. The molecule has 0 bridgehead atoms. The first-order chi connectivity index (χ1) is 11.1. The first kappa shape index (κ1) is 17.3. The zero-order valence-corrected chi connectivity index (χ0v) is 13.8. The highest BCUT2D eigenvalue weighted by Crippen LogP contribution is 2.17. The molecule has 1 aromatic heterocycles. The Labute approximate surface area is 143 Å². The average molecular weight is 351 g/mol. The summed E-state index contributed by atoms with van der Waals surface area (Å²) < 4.78 is 4.92. The Kier molecular flexibility index (Phi) is 6.90. The van der Waals surface area contributed by atoms with Crippen molar-refractivity contribution in [3.05, 3.63) is 53.7 Å². The molecule has 0 atom stereocenters. The van der Waals surface area contributed by atoms with Crippen LogP contribution in [0.1, 0.15) is 6.42 Å². The third-order valence-electron chi connectivity index (χ3n) is 2.68. The first-order valence-electron chi connectivity index (χ1n) is 6.88. The number of esters is 1. The molecule has 7 heteroatoms. The van der Waals surface area contributed by atoms with Gasteiger partial charge in [-0.3, -0.25) is 9.59 Å². The summed E-state index contributed by atoms with van der Waals surface area (Å²) in [6, 6.07) is 12.9. The largest absolute Gasteiger partial charge is 0.456 e. The highest BCUT2D eigenvalue weighted by Gasteiger charge is 2.08. The van der Waals surface area contributed by atoms with Crippen LogP contribution in [0.5, 0.6) is 0 Å². The van der Waals surface area contributed by atoms with Gasteiger partial charge in [0.15, 0.2) is 6.61 Å². The molecule has 0 fully saturated rings. The number of amides is 1. The van der Waals surface area contributed by atoms with E-state index in [1.165, 1.54) is 6.20 Å². The normalized spacial score (nSPS) is 10.1. The van der Waals surface area contributed by atoms with Gasteiger partial charge < -0.3 is 10.1 Å². The van der Waals surface area contributed by atoms with E-state index in [0.29, 0.717) is 16.6 Å². The van der Waals surface area contributed by atoms with Crippen LogP contribution in [0.15, 0.2) is 53.6 Å². The summed E-state index contributed by atoms with van der Waals surface area (Å²) in [5.41, 5.74) is 0. The molecule has 1 amide bonds. The summed E-state index contributed by atoms with van der Waals surface area (Å²) in [7, 11) is 0. The molecule has 0 unspecified atom stereocenters. The molecule has 1 heterocycles. The van der Waals surface area contributed by atoms with E-state index in [9.17, 15) is 9.59 Å². The van der Waals surface area contributed by atoms with Crippen molar-refractivity contribution in [2.24, 2.45) is 0 Å². The summed E-state index contributed by atoms with van der Waals surface area (Å²) in [5, 5.41) is 2.99. The maximum atomic E-state index is 11.6. The van der Waals surface area contributed by atoms with Crippen LogP contribution in [0.3, 0.4) is 0 Å². The van der Waals surface area contributed by atoms with Gasteiger partial charge in [0, 0.05) is 16.8 Å². The standard InChI is InChI=1S/C16H15ClN2O3S/c17-12-6-7-14(18-10-12)19-15(20)11-22-16(21)8-9-23-13-4-2-1-3-5-13/h1-7,10H,8-9,11H2,(H,18,19,20). The van der Waals surface area contributed by atoms with Crippen molar-refractivity contribution in [2.75, 3.05) is 17.7 Å². The molecule has 120 valence electrons. The van der Waals surface area contributed by atoms with Crippen LogP contribution in [0.25, 0.3) is 0 Å². The van der Waals surface area contributed by atoms with Crippen molar-refractivity contribution < 1.29 is 14.3 Å². The lowest BCUT2D eigenvalue weighted by atomic mass is 10.4. The third-order valence-corrected chi connectivity index (χ3v) is 3.91. The molecule has 0 aliphatic heterocycles. The molecule has 1 N–H and O–H groups in total. The molecule has 0 spiro atoms. The van der Waals surface area contributed by atoms with Gasteiger partial charge in [0.1, 0.15) is 5.82 Å². The Bertz CT molecular complexity index is 650. The number of aromatic nitrogens is 1. The second-order valence-corrected chi connectivity index (χ2v) is 6.09. The zero-order valence-electron chi connectivity index (χ0n) is 12.2. The fourth-order valence-electron chi connectivity index (χ4n) is 1.62. The second-order valence-electron chi connectivity index (χ2n) is 4.48. The van der Waals surface area contributed by atoms with E-state index in [1.54, 1.807) is 23.9 Å². The number of rotatable bonds is 7. The first-order valence-corrected chi connectivity index (χ1v) is 8.25. The van der Waals surface area contributed by atoms with Gasteiger partial charge in [0.2, 0.25) is 0 Å². The van der Waals surface area contributed by atoms with Crippen molar-refractivity contribution in [2.45, 2.75) is 11.3 Å². The number of anilines is 1. The quantitative estimate of drug-likeness (QED) is 0.612.